The highest BCUT2D eigenvalue weighted by molar-refractivity contribution is 14.0. The molecule has 0 bridgehead atoms. The number of thiazole rings is 1. The van der Waals surface area contributed by atoms with Gasteiger partial charge in [-0.3, -0.25) is 4.99 Å². The van der Waals surface area contributed by atoms with E-state index < -0.39 is 0 Å². The lowest BCUT2D eigenvalue weighted by Crippen LogP contribution is -2.42. The standard InChI is InChI=1S/C21H28N4OS.HI/c1-22-21(24-14-16-13-15-7-2-4-9-18(15)26-16)23-12-6-11-20-25-17-8-3-5-10-19(17)27-20;/h2,4,7,9,16H,3,5-6,8,10-14H2,1H3,(H2,22,23,24);1H. The van der Waals surface area contributed by atoms with Crippen LogP contribution in [0.25, 0.3) is 0 Å². The molecule has 1 atom stereocenters. The summed E-state index contributed by atoms with van der Waals surface area (Å²) in [7, 11) is 1.81. The first kappa shape index (κ1) is 21.4. The molecule has 152 valence electrons. The minimum Gasteiger partial charge on any atom is -0.488 e. The fourth-order valence-corrected chi connectivity index (χ4v) is 4.96. The highest BCUT2D eigenvalue weighted by atomic mass is 127. The van der Waals surface area contributed by atoms with Gasteiger partial charge in [0.1, 0.15) is 11.9 Å². The predicted molar refractivity (Wildman–Crippen MR) is 126 cm³/mol. The van der Waals surface area contributed by atoms with Crippen LogP contribution in [0, 0.1) is 0 Å². The molecule has 1 aliphatic carbocycles. The smallest absolute Gasteiger partial charge is 0.191 e. The second-order valence-corrected chi connectivity index (χ2v) is 8.39. The molecule has 7 heteroatoms. The molecular formula is C21H29IN4OS. The Hall–Kier alpha value is -1.35. The van der Waals surface area contributed by atoms with Crippen molar-refractivity contribution in [1.82, 2.24) is 15.6 Å². The van der Waals surface area contributed by atoms with Gasteiger partial charge in [0.05, 0.1) is 17.2 Å². The Morgan fingerprint density at radius 3 is 2.93 bits per heavy atom. The van der Waals surface area contributed by atoms with Crippen LogP contribution in [0.3, 0.4) is 0 Å². The van der Waals surface area contributed by atoms with Gasteiger partial charge in [0, 0.05) is 31.3 Å². The highest BCUT2D eigenvalue weighted by Crippen LogP contribution is 2.28. The molecule has 1 aromatic heterocycles. The number of guanidine groups is 1. The van der Waals surface area contributed by atoms with Crippen LogP contribution in [0.2, 0.25) is 0 Å². The number of aryl methyl sites for hydroxylation is 3. The first-order valence-corrected chi connectivity index (χ1v) is 10.8. The van der Waals surface area contributed by atoms with Gasteiger partial charge in [-0.05, 0) is 43.7 Å². The fraction of sp³-hybridized carbons (Fsp3) is 0.524. The second kappa shape index (κ2) is 10.4. The Morgan fingerprint density at radius 1 is 1.25 bits per heavy atom. The maximum absolute atomic E-state index is 5.97. The largest absolute Gasteiger partial charge is 0.488 e. The third-order valence-electron chi connectivity index (χ3n) is 5.18. The van der Waals surface area contributed by atoms with Gasteiger partial charge in [-0.2, -0.15) is 0 Å². The monoisotopic (exact) mass is 512 g/mol. The van der Waals surface area contributed by atoms with Crippen LogP contribution < -0.4 is 15.4 Å². The summed E-state index contributed by atoms with van der Waals surface area (Å²) < 4.78 is 5.97. The van der Waals surface area contributed by atoms with Crippen LogP contribution >= 0.6 is 35.3 Å². The van der Waals surface area contributed by atoms with Crippen molar-refractivity contribution in [2.24, 2.45) is 4.99 Å². The molecule has 28 heavy (non-hydrogen) atoms. The van der Waals surface area contributed by atoms with E-state index in [1.807, 2.05) is 30.5 Å². The van der Waals surface area contributed by atoms with E-state index in [0.717, 1.165) is 44.1 Å². The molecule has 1 unspecified atom stereocenters. The fourth-order valence-electron chi connectivity index (χ4n) is 3.76. The molecule has 0 spiro atoms. The van der Waals surface area contributed by atoms with Gasteiger partial charge in [0.15, 0.2) is 5.96 Å². The van der Waals surface area contributed by atoms with Crippen LogP contribution in [0.15, 0.2) is 29.3 Å². The number of hydrogen-bond acceptors (Lipinski definition) is 4. The van der Waals surface area contributed by atoms with Gasteiger partial charge in [-0.25, -0.2) is 4.98 Å². The lowest BCUT2D eigenvalue weighted by Gasteiger charge is -2.15. The number of aromatic nitrogens is 1. The Labute approximate surface area is 188 Å². The lowest BCUT2D eigenvalue weighted by atomic mass is 10.0. The van der Waals surface area contributed by atoms with Crippen molar-refractivity contribution in [2.45, 2.75) is 51.0 Å². The third-order valence-corrected chi connectivity index (χ3v) is 6.40. The van der Waals surface area contributed by atoms with Crippen molar-refractivity contribution in [3.63, 3.8) is 0 Å². The summed E-state index contributed by atoms with van der Waals surface area (Å²) in [6.07, 6.45) is 8.27. The molecule has 2 aliphatic rings. The number of halogens is 1. The Bertz CT molecular complexity index is 759. The van der Waals surface area contributed by atoms with Gasteiger partial charge < -0.3 is 15.4 Å². The van der Waals surface area contributed by atoms with E-state index in [2.05, 4.69) is 27.8 Å². The molecule has 1 aliphatic heterocycles. The van der Waals surface area contributed by atoms with Gasteiger partial charge in [0.2, 0.25) is 0 Å². The first-order chi connectivity index (χ1) is 13.3. The highest BCUT2D eigenvalue weighted by Gasteiger charge is 2.22. The van der Waals surface area contributed by atoms with E-state index in [-0.39, 0.29) is 30.1 Å². The van der Waals surface area contributed by atoms with E-state index in [9.17, 15) is 0 Å². The quantitative estimate of drug-likeness (QED) is 0.268. The summed E-state index contributed by atoms with van der Waals surface area (Å²) in [5, 5.41) is 8.09. The van der Waals surface area contributed by atoms with Crippen molar-refractivity contribution < 1.29 is 4.74 Å². The molecule has 0 fully saturated rings. The van der Waals surface area contributed by atoms with Crippen LogP contribution in [0.4, 0.5) is 0 Å². The van der Waals surface area contributed by atoms with E-state index in [0.29, 0.717) is 0 Å². The number of aliphatic imine (C=N–C) groups is 1. The van der Waals surface area contributed by atoms with Gasteiger partial charge in [0.25, 0.3) is 0 Å². The van der Waals surface area contributed by atoms with Crippen LogP contribution in [-0.4, -0.2) is 37.2 Å². The first-order valence-electron chi connectivity index (χ1n) is 9.98. The van der Waals surface area contributed by atoms with Crippen LogP contribution in [0.1, 0.15) is 40.4 Å². The molecule has 0 amide bonds. The molecule has 0 saturated heterocycles. The molecule has 2 heterocycles. The number of hydrogen-bond donors (Lipinski definition) is 2. The maximum atomic E-state index is 5.97. The predicted octanol–water partition coefficient (Wildman–Crippen LogP) is 3.74. The maximum Gasteiger partial charge on any atom is 0.191 e. The molecule has 2 aromatic rings. The van der Waals surface area contributed by atoms with E-state index in [1.54, 1.807) is 0 Å². The van der Waals surface area contributed by atoms with Crippen molar-refractivity contribution in [1.29, 1.82) is 0 Å². The summed E-state index contributed by atoms with van der Waals surface area (Å²) in [4.78, 5) is 10.7. The molecule has 4 rings (SSSR count). The zero-order valence-corrected chi connectivity index (χ0v) is 19.5. The number of para-hydroxylation sites is 1. The Morgan fingerprint density at radius 2 is 2.11 bits per heavy atom. The summed E-state index contributed by atoms with van der Waals surface area (Å²) in [5.41, 5.74) is 2.66. The van der Waals surface area contributed by atoms with E-state index >= 15 is 0 Å². The van der Waals surface area contributed by atoms with E-state index in [1.165, 1.54) is 46.8 Å². The SMILES string of the molecule is CN=C(NCCCc1nc2c(s1)CCCC2)NCC1Cc2ccccc2O1.I. The minimum atomic E-state index is 0. The molecule has 0 saturated carbocycles. The van der Waals surface area contributed by atoms with Crippen molar-refractivity contribution in [2.75, 3.05) is 20.1 Å². The molecule has 5 nitrogen and oxygen atoms in total. The van der Waals surface area contributed by atoms with Gasteiger partial charge >= 0.3 is 0 Å². The average Bonchev–Trinajstić information content (AvgIpc) is 3.30. The number of nitrogens with one attached hydrogen (secondary N) is 2. The summed E-state index contributed by atoms with van der Waals surface area (Å²) in [6.45, 7) is 1.66. The third kappa shape index (κ3) is 5.37. The van der Waals surface area contributed by atoms with Gasteiger partial charge in [-0.1, -0.05) is 18.2 Å². The number of fused-ring (bicyclic) bond motifs is 2. The molecule has 0 radical (unpaired) electrons. The van der Waals surface area contributed by atoms with Crippen molar-refractivity contribution >= 4 is 41.3 Å². The minimum absolute atomic E-state index is 0. The van der Waals surface area contributed by atoms with Crippen molar-refractivity contribution in [3.05, 3.63) is 45.4 Å². The number of nitrogens with zero attached hydrogens (tertiary/aromatic N) is 2. The summed E-state index contributed by atoms with van der Waals surface area (Å²) in [6, 6.07) is 8.27. The zero-order valence-electron chi connectivity index (χ0n) is 16.4. The number of ether oxygens (including phenoxy) is 1. The normalized spacial score (nSPS) is 17.9. The summed E-state index contributed by atoms with van der Waals surface area (Å²) >= 11 is 1.92. The molecule has 1 aromatic carbocycles. The van der Waals surface area contributed by atoms with Crippen molar-refractivity contribution in [3.8, 4) is 5.75 Å². The van der Waals surface area contributed by atoms with E-state index in [4.69, 9.17) is 9.72 Å². The average molecular weight is 512 g/mol. The van der Waals surface area contributed by atoms with Gasteiger partial charge in [-0.15, -0.1) is 35.3 Å². The van der Waals surface area contributed by atoms with Crippen LogP contribution in [-0.2, 0) is 25.7 Å². The number of benzene rings is 1. The molecular weight excluding hydrogens is 483 g/mol. The van der Waals surface area contributed by atoms with Crippen LogP contribution in [0.5, 0.6) is 5.75 Å². The number of rotatable bonds is 6. The zero-order chi connectivity index (χ0) is 18.5. The second-order valence-electron chi connectivity index (χ2n) is 7.22. The molecule has 2 N–H and O–H groups in total. The Balaban J connectivity index is 0.00000225. The summed E-state index contributed by atoms with van der Waals surface area (Å²) in [5.74, 6) is 1.85. The Kier molecular flexibility index (Phi) is 7.96. The lowest BCUT2D eigenvalue weighted by molar-refractivity contribution is 0.235. The topological polar surface area (TPSA) is 58.5 Å².